The summed E-state index contributed by atoms with van der Waals surface area (Å²) in [4.78, 5) is 22.8. The smallest absolute Gasteiger partial charge is 0.324 e. The van der Waals surface area contributed by atoms with E-state index in [9.17, 15) is 14.7 Å². The van der Waals surface area contributed by atoms with Gasteiger partial charge in [0.1, 0.15) is 6.61 Å². The Morgan fingerprint density at radius 3 is 2.56 bits per heavy atom. The Bertz CT molecular complexity index is 481. The van der Waals surface area contributed by atoms with Crippen LogP contribution in [-0.4, -0.2) is 23.7 Å². The van der Waals surface area contributed by atoms with Gasteiger partial charge in [0.2, 0.25) is 0 Å². The molecule has 4 heteroatoms. The Hall–Kier alpha value is -1.84. The molecule has 0 aromatic heterocycles. The quantitative estimate of drug-likeness (QED) is 0.593. The lowest BCUT2D eigenvalue weighted by Gasteiger charge is -2.11. The predicted molar refractivity (Wildman–Crippen MR) is 53.8 cm³/mol. The minimum absolute atomic E-state index is 0.183. The molecule has 1 N–H and O–H groups in total. The summed E-state index contributed by atoms with van der Waals surface area (Å²) in [5.41, 5.74) is -1.07. The van der Waals surface area contributed by atoms with Gasteiger partial charge in [0.05, 0.1) is 5.41 Å². The van der Waals surface area contributed by atoms with E-state index in [1.165, 1.54) is 0 Å². The molecular formula is C12H10O4. The van der Waals surface area contributed by atoms with Crippen molar-refractivity contribution in [3.8, 4) is 0 Å². The summed E-state index contributed by atoms with van der Waals surface area (Å²) < 4.78 is 4.92. The molecular weight excluding hydrogens is 208 g/mol. The Balaban J connectivity index is 2.11. The molecule has 2 aliphatic rings. The van der Waals surface area contributed by atoms with Crippen LogP contribution in [0.4, 0.5) is 0 Å². The van der Waals surface area contributed by atoms with E-state index in [2.05, 4.69) is 0 Å². The zero-order valence-electron chi connectivity index (χ0n) is 8.47. The Labute approximate surface area is 91.8 Å². The molecule has 1 aliphatic carbocycles. The van der Waals surface area contributed by atoms with Gasteiger partial charge in [-0.3, -0.25) is 9.59 Å². The van der Waals surface area contributed by atoms with Crippen LogP contribution in [0.3, 0.4) is 0 Å². The van der Waals surface area contributed by atoms with Crippen LogP contribution in [-0.2, 0) is 19.7 Å². The highest BCUT2D eigenvalue weighted by Crippen LogP contribution is 2.69. The van der Waals surface area contributed by atoms with Gasteiger partial charge >= 0.3 is 11.9 Å². The Morgan fingerprint density at radius 1 is 1.31 bits per heavy atom. The van der Waals surface area contributed by atoms with Gasteiger partial charge < -0.3 is 9.84 Å². The average molecular weight is 218 g/mol. The molecule has 2 atom stereocenters. The number of hydrogen-bond donors (Lipinski definition) is 1. The van der Waals surface area contributed by atoms with E-state index in [0.29, 0.717) is 6.42 Å². The van der Waals surface area contributed by atoms with E-state index < -0.39 is 22.8 Å². The number of benzene rings is 1. The van der Waals surface area contributed by atoms with Crippen molar-refractivity contribution >= 4 is 11.9 Å². The van der Waals surface area contributed by atoms with Gasteiger partial charge in [0.15, 0.2) is 5.41 Å². The number of carboxylic acid groups (broad SMARTS) is 1. The largest absolute Gasteiger partial charge is 0.480 e. The molecule has 1 aromatic rings. The van der Waals surface area contributed by atoms with E-state index in [1.54, 1.807) is 0 Å². The molecule has 1 aliphatic heterocycles. The summed E-state index contributed by atoms with van der Waals surface area (Å²) >= 11 is 0. The molecule has 16 heavy (non-hydrogen) atoms. The van der Waals surface area contributed by atoms with Crippen molar-refractivity contribution in [1.29, 1.82) is 0 Å². The molecule has 4 nitrogen and oxygen atoms in total. The normalized spacial score (nSPS) is 35.4. The molecule has 1 saturated heterocycles. The van der Waals surface area contributed by atoms with Gasteiger partial charge in [-0.1, -0.05) is 30.3 Å². The van der Waals surface area contributed by atoms with Crippen molar-refractivity contribution in [3.05, 3.63) is 35.9 Å². The minimum Gasteiger partial charge on any atom is -0.480 e. The lowest BCUT2D eigenvalue weighted by Crippen LogP contribution is -2.28. The van der Waals surface area contributed by atoms with Gasteiger partial charge in [-0.15, -0.1) is 0 Å². The van der Waals surface area contributed by atoms with Gasteiger partial charge in [-0.2, -0.15) is 0 Å². The summed E-state index contributed by atoms with van der Waals surface area (Å²) in [7, 11) is 0. The zero-order chi connectivity index (χ0) is 11.4. The van der Waals surface area contributed by atoms with Crippen molar-refractivity contribution in [1.82, 2.24) is 0 Å². The first-order chi connectivity index (χ1) is 7.63. The maximum Gasteiger partial charge on any atom is 0.324 e. The van der Waals surface area contributed by atoms with E-state index in [4.69, 9.17) is 4.74 Å². The summed E-state index contributed by atoms with van der Waals surface area (Å²) in [6.45, 7) is 0.183. The third-order valence-electron chi connectivity index (χ3n) is 3.75. The highest BCUT2D eigenvalue weighted by atomic mass is 16.5. The SMILES string of the molecule is O=C(O)[C@]12CC1(c1ccccc1)COC2=O. The molecule has 0 radical (unpaired) electrons. The number of cyclic esters (lactones) is 1. The van der Waals surface area contributed by atoms with Crippen molar-refractivity contribution in [2.75, 3.05) is 6.61 Å². The fraction of sp³-hybridized carbons (Fsp3) is 0.333. The molecule has 0 spiro atoms. The standard InChI is InChI=1S/C12H10O4/c13-9(14)12-6-11(12,7-16-10(12)15)8-4-2-1-3-5-8/h1-5H,6-7H2,(H,13,14)/t11?,12-/m0/s1. The van der Waals surface area contributed by atoms with E-state index in [-0.39, 0.29) is 6.61 Å². The monoisotopic (exact) mass is 218 g/mol. The predicted octanol–water partition coefficient (Wildman–Crippen LogP) is 0.956. The molecule has 1 aromatic carbocycles. The zero-order valence-corrected chi connectivity index (χ0v) is 8.47. The molecule has 1 unspecified atom stereocenters. The molecule has 1 saturated carbocycles. The van der Waals surface area contributed by atoms with Gasteiger partial charge in [0.25, 0.3) is 0 Å². The van der Waals surface area contributed by atoms with Crippen LogP contribution in [0.15, 0.2) is 30.3 Å². The Kier molecular flexibility index (Phi) is 1.55. The summed E-state index contributed by atoms with van der Waals surface area (Å²) in [5.74, 6) is -1.66. The number of rotatable bonds is 2. The minimum atomic E-state index is -1.33. The first-order valence-corrected chi connectivity index (χ1v) is 5.10. The summed E-state index contributed by atoms with van der Waals surface area (Å²) in [6.07, 6.45) is 0.359. The lowest BCUT2D eigenvalue weighted by atomic mass is 9.88. The molecule has 1 heterocycles. The van der Waals surface area contributed by atoms with Gasteiger partial charge in [0, 0.05) is 0 Å². The van der Waals surface area contributed by atoms with Crippen LogP contribution < -0.4 is 0 Å². The number of esters is 1. The lowest BCUT2D eigenvalue weighted by molar-refractivity contribution is -0.156. The van der Waals surface area contributed by atoms with Crippen molar-refractivity contribution in [2.45, 2.75) is 11.8 Å². The van der Waals surface area contributed by atoms with Gasteiger partial charge in [-0.05, 0) is 12.0 Å². The molecule has 3 rings (SSSR count). The number of hydrogen-bond acceptors (Lipinski definition) is 3. The third kappa shape index (κ3) is 0.813. The van der Waals surface area contributed by atoms with E-state index in [0.717, 1.165) is 5.56 Å². The number of fused-ring (bicyclic) bond motifs is 1. The number of carboxylic acids is 1. The average Bonchev–Trinajstić information content (AvgIpc) is 2.92. The third-order valence-corrected chi connectivity index (χ3v) is 3.75. The fourth-order valence-electron chi connectivity index (χ4n) is 2.72. The van der Waals surface area contributed by atoms with Crippen LogP contribution in [0.5, 0.6) is 0 Å². The number of carbonyl (C=O) groups is 2. The highest BCUT2D eigenvalue weighted by molar-refractivity contribution is 6.07. The Morgan fingerprint density at radius 2 is 2.00 bits per heavy atom. The summed E-state index contributed by atoms with van der Waals surface area (Å²) in [5, 5.41) is 9.21. The fourth-order valence-corrected chi connectivity index (χ4v) is 2.72. The van der Waals surface area contributed by atoms with Crippen molar-refractivity contribution in [3.63, 3.8) is 0 Å². The molecule has 82 valence electrons. The molecule has 0 bridgehead atoms. The topological polar surface area (TPSA) is 63.6 Å². The summed E-state index contributed by atoms with van der Waals surface area (Å²) in [6, 6.07) is 9.26. The van der Waals surface area contributed by atoms with Crippen LogP contribution in [0, 0.1) is 5.41 Å². The van der Waals surface area contributed by atoms with Crippen LogP contribution in [0.1, 0.15) is 12.0 Å². The first kappa shape index (κ1) is 9.39. The maximum absolute atomic E-state index is 11.6. The van der Waals surface area contributed by atoms with Crippen LogP contribution in [0.2, 0.25) is 0 Å². The number of ether oxygens (including phenoxy) is 1. The van der Waals surface area contributed by atoms with Crippen LogP contribution >= 0.6 is 0 Å². The highest BCUT2D eigenvalue weighted by Gasteiger charge is 2.82. The number of carbonyl (C=O) groups excluding carboxylic acids is 1. The second-order valence-corrected chi connectivity index (χ2v) is 4.41. The number of aliphatic carboxylic acids is 1. The van der Waals surface area contributed by atoms with E-state index >= 15 is 0 Å². The van der Waals surface area contributed by atoms with Gasteiger partial charge in [-0.25, -0.2) is 0 Å². The second-order valence-electron chi connectivity index (χ2n) is 4.41. The van der Waals surface area contributed by atoms with Crippen molar-refractivity contribution < 1.29 is 19.4 Å². The molecule has 2 fully saturated rings. The maximum atomic E-state index is 11.6. The van der Waals surface area contributed by atoms with Crippen molar-refractivity contribution in [2.24, 2.45) is 5.41 Å². The first-order valence-electron chi connectivity index (χ1n) is 5.10. The van der Waals surface area contributed by atoms with Crippen LogP contribution in [0.25, 0.3) is 0 Å². The van der Waals surface area contributed by atoms with E-state index in [1.807, 2.05) is 30.3 Å². The second kappa shape index (κ2) is 2.64. The molecule has 0 amide bonds.